The van der Waals surface area contributed by atoms with E-state index in [1.165, 1.54) is 0 Å². The van der Waals surface area contributed by atoms with Crippen molar-refractivity contribution in [2.24, 2.45) is 0 Å². The molecule has 3 saturated heterocycles. The van der Waals surface area contributed by atoms with Crippen molar-refractivity contribution in [3.8, 4) is 23.0 Å². The van der Waals surface area contributed by atoms with Crippen LogP contribution in [0.1, 0.15) is 121 Å². The molecule has 2 aliphatic carbocycles. The second-order valence-electron chi connectivity index (χ2n) is 16.2. The molecule has 0 bridgehead atoms. The monoisotopic (exact) mass is 803 g/mol. The van der Waals surface area contributed by atoms with Gasteiger partial charge >= 0.3 is 0 Å². The molecular weight excluding hydrogens is 750 g/mol. The average molecular weight is 804 g/mol. The summed E-state index contributed by atoms with van der Waals surface area (Å²) in [6, 6.07) is 1.63. The van der Waals surface area contributed by atoms with Gasteiger partial charge < -0.3 is 74.2 Å². The van der Waals surface area contributed by atoms with Crippen molar-refractivity contribution in [3.05, 3.63) is 45.5 Å². The first-order chi connectivity index (χ1) is 26.9. The molecule has 0 saturated carbocycles. The van der Waals surface area contributed by atoms with Crippen molar-refractivity contribution in [2.45, 2.75) is 152 Å². The fourth-order valence-corrected chi connectivity index (χ4v) is 9.09. The lowest BCUT2D eigenvalue weighted by Gasteiger charge is -2.49. The maximum Gasteiger partial charge on any atom is 0.202 e. The van der Waals surface area contributed by atoms with Gasteiger partial charge in [0.1, 0.15) is 41.3 Å². The van der Waals surface area contributed by atoms with E-state index in [9.17, 15) is 50.4 Å². The van der Waals surface area contributed by atoms with Crippen LogP contribution in [0.4, 0.5) is 0 Å². The summed E-state index contributed by atoms with van der Waals surface area (Å²) in [5, 5.41) is 89.0. The molecule has 8 N–H and O–H groups in total. The third kappa shape index (κ3) is 7.20. The number of nitrogens with zero attached hydrogens (tertiary/aromatic N) is 1. The number of aliphatic hydroxyl groups excluding tert-OH is 3. The molecule has 0 radical (unpaired) electrons. The molecule has 0 aromatic heterocycles. The van der Waals surface area contributed by atoms with Crippen LogP contribution >= 0.6 is 0 Å². The summed E-state index contributed by atoms with van der Waals surface area (Å²) in [4.78, 5) is 29.5. The molecule has 17 nitrogen and oxygen atoms in total. The van der Waals surface area contributed by atoms with Crippen molar-refractivity contribution in [1.82, 2.24) is 4.90 Å². The highest BCUT2D eigenvalue weighted by Gasteiger charge is 2.53. The number of hydrogen-bond acceptors (Lipinski definition) is 17. The Kier molecular flexibility index (Phi) is 11.4. The van der Waals surface area contributed by atoms with E-state index in [2.05, 4.69) is 0 Å². The molecule has 14 unspecified atom stereocenters. The lowest BCUT2D eigenvalue weighted by Crippen LogP contribution is -2.58. The second-order valence-corrected chi connectivity index (χ2v) is 16.2. The zero-order valence-corrected chi connectivity index (χ0v) is 32.7. The number of fused-ring (bicyclic) bond motifs is 3. The largest absolute Gasteiger partial charge is 0.507 e. The number of likely N-dealkylation sites (N-methyl/N-ethyl adjacent to an activating group) is 1. The molecule has 0 spiro atoms. The van der Waals surface area contributed by atoms with E-state index in [-0.39, 0.29) is 36.8 Å². The molecule has 2 aromatic carbocycles. The lowest BCUT2D eigenvalue weighted by molar-refractivity contribution is -0.331. The summed E-state index contributed by atoms with van der Waals surface area (Å²) in [6.07, 6.45) is -9.34. The van der Waals surface area contributed by atoms with Crippen molar-refractivity contribution < 1.29 is 78.9 Å². The minimum atomic E-state index is -1.88. The number of phenolic OH excluding ortho intramolecular Hbond substituents is 4. The van der Waals surface area contributed by atoms with Crippen LogP contribution in [0.25, 0.3) is 0 Å². The third-order valence-corrected chi connectivity index (χ3v) is 12.3. The van der Waals surface area contributed by atoms with Crippen molar-refractivity contribution in [2.75, 3.05) is 14.1 Å². The van der Waals surface area contributed by atoms with Crippen LogP contribution in [0.15, 0.2) is 12.1 Å². The number of rotatable bonds is 8. The van der Waals surface area contributed by atoms with Gasteiger partial charge in [-0.1, -0.05) is 6.92 Å². The van der Waals surface area contributed by atoms with Gasteiger partial charge in [0.25, 0.3) is 0 Å². The smallest absolute Gasteiger partial charge is 0.202 e. The minimum absolute atomic E-state index is 0.0148. The van der Waals surface area contributed by atoms with Gasteiger partial charge in [0.2, 0.25) is 11.6 Å². The van der Waals surface area contributed by atoms with Crippen LogP contribution in [0.2, 0.25) is 0 Å². The van der Waals surface area contributed by atoms with Crippen molar-refractivity contribution in [1.29, 1.82) is 0 Å². The van der Waals surface area contributed by atoms with Gasteiger partial charge in [-0.2, -0.15) is 0 Å². The number of aromatic hydroxyl groups is 4. The molecule has 2 aromatic rings. The molecule has 57 heavy (non-hydrogen) atoms. The number of aliphatic hydroxyl groups is 4. The van der Waals surface area contributed by atoms with Gasteiger partial charge in [-0.05, 0) is 59.8 Å². The van der Waals surface area contributed by atoms with Crippen molar-refractivity contribution >= 4 is 11.6 Å². The third-order valence-electron chi connectivity index (χ3n) is 12.3. The Morgan fingerprint density at radius 2 is 1.23 bits per heavy atom. The molecule has 5 aliphatic rings. The van der Waals surface area contributed by atoms with E-state index in [0.717, 1.165) is 12.1 Å². The van der Waals surface area contributed by atoms with E-state index in [4.69, 9.17) is 28.4 Å². The predicted octanol–water partition coefficient (Wildman–Crippen LogP) is 2.14. The summed E-state index contributed by atoms with van der Waals surface area (Å²) in [6.45, 7) is 6.93. The topological polar surface area (TPSA) is 255 Å². The highest BCUT2D eigenvalue weighted by atomic mass is 16.7. The van der Waals surface area contributed by atoms with Crippen LogP contribution in [0, 0.1) is 0 Å². The summed E-state index contributed by atoms with van der Waals surface area (Å²) in [5.74, 6) is -5.09. The maximum absolute atomic E-state index is 13.9. The van der Waals surface area contributed by atoms with Gasteiger partial charge in [0.15, 0.2) is 18.9 Å². The Morgan fingerprint density at radius 1 is 0.702 bits per heavy atom. The number of phenols is 4. The van der Waals surface area contributed by atoms with Gasteiger partial charge in [-0.15, -0.1) is 0 Å². The minimum Gasteiger partial charge on any atom is -0.507 e. The zero-order chi connectivity index (χ0) is 41.4. The summed E-state index contributed by atoms with van der Waals surface area (Å²) in [5.41, 5.74) is -5.03. The Hall–Kier alpha value is -3.46. The van der Waals surface area contributed by atoms with E-state index in [0.29, 0.717) is 12.8 Å². The van der Waals surface area contributed by atoms with Crippen LogP contribution < -0.4 is 0 Å². The van der Waals surface area contributed by atoms with E-state index < -0.39 is 142 Å². The Labute approximate surface area is 329 Å². The van der Waals surface area contributed by atoms with Crippen LogP contribution in [0.5, 0.6) is 23.0 Å². The number of benzene rings is 2. The molecule has 14 atom stereocenters. The summed E-state index contributed by atoms with van der Waals surface area (Å²) < 4.78 is 37.4. The predicted molar refractivity (Wildman–Crippen MR) is 196 cm³/mol. The molecular formula is C40H53NO16. The molecule has 3 fully saturated rings. The van der Waals surface area contributed by atoms with E-state index in [1.807, 2.05) is 19.0 Å². The molecule has 314 valence electrons. The second kappa shape index (κ2) is 15.6. The number of carbonyl (C=O) groups excluding carboxylic acids is 2. The fourth-order valence-electron chi connectivity index (χ4n) is 9.09. The number of carbonyl (C=O) groups is 2. The highest BCUT2D eigenvalue weighted by Crippen LogP contribution is 2.57. The molecule has 3 aliphatic heterocycles. The zero-order valence-electron chi connectivity index (χ0n) is 32.7. The van der Waals surface area contributed by atoms with E-state index in [1.54, 1.807) is 27.7 Å². The van der Waals surface area contributed by atoms with Gasteiger partial charge in [0.05, 0.1) is 64.5 Å². The quantitative estimate of drug-likeness (QED) is 0.152. The van der Waals surface area contributed by atoms with Crippen LogP contribution in [-0.2, 0) is 28.4 Å². The first-order valence-corrected chi connectivity index (χ1v) is 19.5. The number of ketones is 2. The average Bonchev–Trinajstić information content (AvgIpc) is 3.14. The first-order valence-electron chi connectivity index (χ1n) is 19.5. The summed E-state index contributed by atoms with van der Waals surface area (Å²) in [7, 11) is 3.67. The fraction of sp³-hybridized carbons (Fsp3) is 0.650. The Balaban J connectivity index is 1.13. The Bertz CT molecular complexity index is 1880. The number of ether oxygens (including phenoxy) is 6. The van der Waals surface area contributed by atoms with E-state index >= 15 is 0 Å². The van der Waals surface area contributed by atoms with Crippen molar-refractivity contribution in [3.63, 3.8) is 0 Å². The molecule has 0 amide bonds. The van der Waals surface area contributed by atoms with Crippen LogP contribution in [-0.4, -0.2) is 145 Å². The SMILES string of the molecule is CCC1(O)CC(O)c2c(O)c3c(c(O)c2C1OC1CC(N(C)C)C(OC2CC(O)C(OC4CCC(O)C(C)O4)C(C)O2)C(C)O1)C(=O)c1c(O)ccc(O)c1C3=O. The first kappa shape index (κ1) is 41.7. The lowest BCUT2D eigenvalue weighted by atomic mass is 9.70. The molecule has 3 heterocycles. The Morgan fingerprint density at radius 3 is 1.77 bits per heavy atom. The molecule has 7 rings (SSSR count). The van der Waals surface area contributed by atoms with Gasteiger partial charge in [-0.3, -0.25) is 9.59 Å². The summed E-state index contributed by atoms with van der Waals surface area (Å²) >= 11 is 0. The standard InChI is InChI=1S/C40H53NO16/c1-7-40(51)14-23(46)29-32(36(50)31-30(35(29)49)33(47)27-20(43)8-9-21(44)28(27)34(31)48)39(40)57-25-12-18(41(5)6)37(16(3)53-25)56-26-13-22(45)38(17(4)54-26)55-24-11-10-19(42)15(2)52-24/h8-9,15-19,22-26,37-39,42-46,49-51H,7,10-14H2,1-6H3. The molecule has 17 heteroatoms. The van der Waals surface area contributed by atoms with Crippen LogP contribution in [0.3, 0.4) is 0 Å². The normalized spacial score (nSPS) is 38.1. The van der Waals surface area contributed by atoms with Gasteiger partial charge in [0, 0.05) is 42.9 Å². The number of hydrogen-bond donors (Lipinski definition) is 8. The highest BCUT2D eigenvalue weighted by molar-refractivity contribution is 6.32. The van der Waals surface area contributed by atoms with Gasteiger partial charge in [-0.25, -0.2) is 0 Å². The maximum atomic E-state index is 13.9.